The van der Waals surface area contributed by atoms with Crippen LogP contribution in [0.25, 0.3) is 66.4 Å². The van der Waals surface area contributed by atoms with Crippen molar-refractivity contribution >= 4 is 16.5 Å². The average molecular weight is 655 g/mol. The fraction of sp³-hybridized carbons (Fsp3) is 0.0208. The van der Waals surface area contributed by atoms with Crippen LogP contribution in [-0.4, -0.2) is 0 Å². The van der Waals surface area contributed by atoms with Crippen LogP contribution in [0, 0.1) is 11.3 Å². The van der Waals surface area contributed by atoms with E-state index in [1.807, 2.05) is 48.5 Å². The average Bonchev–Trinajstić information content (AvgIpc) is 3.21. The summed E-state index contributed by atoms with van der Waals surface area (Å²) in [6.45, 7) is 0.409. The minimum Gasteiger partial charge on any atom is -0.487 e. The highest BCUT2D eigenvalue weighted by atomic mass is 16.5. The lowest BCUT2D eigenvalue weighted by atomic mass is 9.94. The summed E-state index contributed by atoms with van der Waals surface area (Å²) in [6.07, 6.45) is 0. The molecule has 0 atom stereocenters. The molecular weight excluding hydrogens is 621 g/mol. The number of hydrogen-bond acceptors (Lipinski definition) is 3. The van der Waals surface area contributed by atoms with Gasteiger partial charge in [0.15, 0.2) is 0 Å². The molecule has 8 aromatic carbocycles. The number of benzene rings is 8. The molecule has 8 rings (SSSR count). The van der Waals surface area contributed by atoms with E-state index < -0.39 is 0 Å². The number of ether oxygens (including phenoxy) is 1. The first-order chi connectivity index (χ1) is 25.1. The second-order valence-corrected chi connectivity index (χ2v) is 12.7. The zero-order valence-electron chi connectivity index (χ0n) is 28.0. The van der Waals surface area contributed by atoms with Crippen LogP contribution < -0.4 is 10.5 Å². The molecule has 0 aliphatic heterocycles. The summed E-state index contributed by atoms with van der Waals surface area (Å²) in [5.74, 6) is 0.665. The quantitative estimate of drug-likeness (QED) is 0.166. The molecule has 0 bridgehead atoms. The van der Waals surface area contributed by atoms with Crippen LogP contribution in [0.4, 0.5) is 5.69 Å². The van der Waals surface area contributed by atoms with E-state index in [4.69, 9.17) is 15.7 Å². The Labute approximate surface area is 298 Å². The minimum absolute atomic E-state index is 0.409. The molecule has 0 unspecified atom stereocenters. The van der Waals surface area contributed by atoms with Crippen LogP contribution >= 0.6 is 0 Å². The van der Waals surface area contributed by atoms with Gasteiger partial charge in [-0.15, -0.1) is 0 Å². The van der Waals surface area contributed by atoms with Crippen molar-refractivity contribution in [1.29, 1.82) is 5.26 Å². The molecule has 0 heterocycles. The van der Waals surface area contributed by atoms with Crippen LogP contribution in [0.2, 0.25) is 0 Å². The van der Waals surface area contributed by atoms with E-state index in [1.165, 1.54) is 16.5 Å². The van der Waals surface area contributed by atoms with Crippen LogP contribution in [0.1, 0.15) is 11.1 Å². The topological polar surface area (TPSA) is 59.0 Å². The Hall–Kier alpha value is -6.89. The molecule has 0 saturated carbocycles. The molecule has 0 radical (unpaired) electrons. The number of hydrogen-bond donors (Lipinski definition) is 1. The highest BCUT2D eigenvalue weighted by Crippen LogP contribution is 2.40. The summed E-state index contributed by atoms with van der Waals surface area (Å²) in [5, 5.41) is 11.4. The van der Waals surface area contributed by atoms with Crippen molar-refractivity contribution < 1.29 is 4.74 Å². The van der Waals surface area contributed by atoms with Gasteiger partial charge in [-0.3, -0.25) is 0 Å². The maximum Gasteiger partial charge on any atom is 0.143 e. The summed E-state index contributed by atoms with van der Waals surface area (Å²) >= 11 is 0. The number of nitrogen functional groups attached to an aromatic ring is 1. The highest BCUT2D eigenvalue weighted by molar-refractivity contribution is 5.93. The second kappa shape index (κ2) is 13.9. The van der Waals surface area contributed by atoms with E-state index in [0.717, 1.165) is 55.5 Å². The molecule has 3 heteroatoms. The van der Waals surface area contributed by atoms with E-state index in [-0.39, 0.29) is 0 Å². The SMILES string of the molecule is N#Cc1ccc(-c2ccc(-c3ccc4cc(-c5cc(OCc6ccc(-c7ccccc7)cc6)c(N)c(-c6ccccc6)c5)ccc4c3)cc2)cc1. The lowest BCUT2D eigenvalue weighted by molar-refractivity contribution is 0.308. The molecule has 3 nitrogen and oxygen atoms in total. The van der Waals surface area contributed by atoms with Crippen molar-refractivity contribution in [2.75, 3.05) is 5.73 Å². The molecule has 2 N–H and O–H groups in total. The first-order valence-corrected chi connectivity index (χ1v) is 17.0. The third-order valence-corrected chi connectivity index (χ3v) is 9.42. The highest BCUT2D eigenvalue weighted by Gasteiger charge is 2.14. The van der Waals surface area contributed by atoms with Crippen molar-refractivity contribution in [3.05, 3.63) is 193 Å². The van der Waals surface area contributed by atoms with Gasteiger partial charge in [-0.1, -0.05) is 146 Å². The van der Waals surface area contributed by atoms with Crippen LogP contribution in [0.3, 0.4) is 0 Å². The summed E-state index contributed by atoms with van der Waals surface area (Å²) in [7, 11) is 0. The van der Waals surface area contributed by atoms with Gasteiger partial charge in [-0.05, 0) is 103 Å². The second-order valence-electron chi connectivity index (χ2n) is 12.7. The minimum atomic E-state index is 0.409. The van der Waals surface area contributed by atoms with Gasteiger partial charge in [-0.25, -0.2) is 0 Å². The van der Waals surface area contributed by atoms with Gasteiger partial charge in [0, 0.05) is 5.56 Å². The third-order valence-electron chi connectivity index (χ3n) is 9.42. The first-order valence-electron chi connectivity index (χ1n) is 17.0. The Kier molecular flexibility index (Phi) is 8.56. The van der Waals surface area contributed by atoms with Gasteiger partial charge < -0.3 is 10.5 Å². The Morgan fingerprint density at radius 1 is 0.431 bits per heavy atom. The number of nitrogens with zero attached hydrogens (tertiary/aromatic N) is 1. The smallest absolute Gasteiger partial charge is 0.143 e. The molecule has 51 heavy (non-hydrogen) atoms. The molecule has 0 fully saturated rings. The largest absolute Gasteiger partial charge is 0.487 e. The van der Waals surface area contributed by atoms with Gasteiger partial charge >= 0.3 is 0 Å². The Morgan fingerprint density at radius 2 is 0.882 bits per heavy atom. The van der Waals surface area contributed by atoms with E-state index in [0.29, 0.717) is 23.6 Å². The number of anilines is 1. The van der Waals surface area contributed by atoms with E-state index in [1.54, 1.807) is 0 Å². The Bertz CT molecular complexity index is 2500. The predicted octanol–water partition coefficient (Wildman–Crippen LogP) is 12.2. The maximum absolute atomic E-state index is 9.11. The lowest BCUT2D eigenvalue weighted by Gasteiger charge is -2.16. The van der Waals surface area contributed by atoms with Crippen LogP contribution in [0.5, 0.6) is 5.75 Å². The van der Waals surface area contributed by atoms with Gasteiger partial charge in [-0.2, -0.15) is 5.26 Å². The maximum atomic E-state index is 9.11. The number of nitriles is 1. The summed E-state index contributed by atoms with van der Waals surface area (Å²) in [5.41, 5.74) is 20.2. The molecular formula is C48H34N2O. The fourth-order valence-electron chi connectivity index (χ4n) is 6.55. The monoisotopic (exact) mass is 654 g/mol. The zero-order chi connectivity index (χ0) is 34.6. The predicted molar refractivity (Wildman–Crippen MR) is 211 cm³/mol. The standard InChI is InChI=1S/C48H34N2O/c49-31-33-11-15-37(16-12-33)38-19-21-39(22-20-38)41-23-24-43-28-44(26-25-42(43)27-41)45-29-46(40-9-5-2-6-10-40)48(50)47(30-45)51-32-34-13-17-36(18-14-34)35-7-3-1-4-8-35/h1-30H,32,50H2. The van der Waals surface area contributed by atoms with Crippen molar-refractivity contribution in [2.45, 2.75) is 6.61 Å². The van der Waals surface area contributed by atoms with Gasteiger partial charge in [0.25, 0.3) is 0 Å². The third kappa shape index (κ3) is 6.72. The molecule has 0 aromatic heterocycles. The number of rotatable bonds is 8. The fourth-order valence-corrected chi connectivity index (χ4v) is 6.55. The van der Waals surface area contributed by atoms with Crippen molar-refractivity contribution in [1.82, 2.24) is 0 Å². The van der Waals surface area contributed by atoms with Crippen molar-refractivity contribution in [2.24, 2.45) is 0 Å². The first kappa shape index (κ1) is 31.4. The molecule has 0 saturated heterocycles. The molecule has 8 aromatic rings. The normalized spacial score (nSPS) is 10.9. The lowest BCUT2D eigenvalue weighted by Crippen LogP contribution is -2.01. The van der Waals surface area contributed by atoms with Gasteiger partial charge in [0.05, 0.1) is 17.3 Å². The zero-order valence-corrected chi connectivity index (χ0v) is 28.0. The summed E-state index contributed by atoms with van der Waals surface area (Å²) in [4.78, 5) is 0. The van der Waals surface area contributed by atoms with Crippen LogP contribution in [0.15, 0.2) is 182 Å². The number of nitrogens with two attached hydrogens (primary N) is 1. The van der Waals surface area contributed by atoms with Gasteiger partial charge in [0.1, 0.15) is 12.4 Å². The molecule has 0 amide bonds. The van der Waals surface area contributed by atoms with Crippen LogP contribution in [-0.2, 0) is 6.61 Å². The molecule has 0 aliphatic rings. The molecule has 0 aliphatic carbocycles. The summed E-state index contributed by atoms with van der Waals surface area (Å²) in [6, 6.07) is 65.0. The Morgan fingerprint density at radius 3 is 1.45 bits per heavy atom. The number of fused-ring (bicyclic) bond motifs is 1. The summed E-state index contributed by atoms with van der Waals surface area (Å²) < 4.78 is 6.45. The van der Waals surface area contributed by atoms with E-state index in [2.05, 4.69) is 140 Å². The van der Waals surface area contributed by atoms with Gasteiger partial charge in [0.2, 0.25) is 0 Å². The van der Waals surface area contributed by atoms with Crippen molar-refractivity contribution in [3.63, 3.8) is 0 Å². The molecule has 0 spiro atoms. The molecule has 242 valence electrons. The van der Waals surface area contributed by atoms with E-state index >= 15 is 0 Å². The van der Waals surface area contributed by atoms with E-state index in [9.17, 15) is 0 Å². The Balaban J connectivity index is 1.07. The van der Waals surface area contributed by atoms with Crippen molar-refractivity contribution in [3.8, 4) is 67.5 Å².